The third-order valence-corrected chi connectivity index (χ3v) is 5.98. The lowest BCUT2D eigenvalue weighted by molar-refractivity contribution is 0.0397. The zero-order valence-corrected chi connectivity index (χ0v) is 13.9. The molecule has 114 valence electrons. The van der Waals surface area contributed by atoms with E-state index in [9.17, 15) is 8.42 Å². The number of benzene rings is 2. The van der Waals surface area contributed by atoms with E-state index in [0.29, 0.717) is 6.42 Å². The molecule has 6 heteroatoms. The van der Waals surface area contributed by atoms with Crippen LogP contribution in [0, 0.1) is 0 Å². The molecule has 22 heavy (non-hydrogen) atoms. The van der Waals surface area contributed by atoms with Gasteiger partial charge in [-0.2, -0.15) is 8.42 Å². The first-order chi connectivity index (χ1) is 10.5. The zero-order chi connectivity index (χ0) is 15.3. The van der Waals surface area contributed by atoms with Crippen LogP contribution in [0.3, 0.4) is 0 Å². The van der Waals surface area contributed by atoms with Crippen LogP contribution in [-0.2, 0) is 19.0 Å². The first-order valence-corrected chi connectivity index (χ1v) is 9.18. The van der Waals surface area contributed by atoms with Crippen LogP contribution in [0.25, 0.3) is 0 Å². The summed E-state index contributed by atoms with van der Waals surface area (Å²) in [6.07, 6.45) is -0.261. The van der Waals surface area contributed by atoms with Gasteiger partial charge < -0.3 is 4.74 Å². The van der Waals surface area contributed by atoms with Crippen LogP contribution >= 0.6 is 15.9 Å². The van der Waals surface area contributed by atoms with Gasteiger partial charge in [0.2, 0.25) is 0 Å². The van der Waals surface area contributed by atoms with E-state index in [1.165, 1.54) is 12.1 Å². The molecular weight excluding hydrogens is 368 g/mol. The maximum absolute atomic E-state index is 12.4. The van der Waals surface area contributed by atoms with E-state index in [2.05, 4.69) is 15.9 Å². The van der Waals surface area contributed by atoms with Gasteiger partial charge in [-0.3, -0.25) is 4.18 Å². The molecule has 2 aliphatic rings. The maximum atomic E-state index is 12.4. The molecule has 0 unspecified atom stereocenters. The van der Waals surface area contributed by atoms with E-state index < -0.39 is 16.2 Å². The summed E-state index contributed by atoms with van der Waals surface area (Å²) in [4.78, 5) is 0.159. The standard InChI is InChI=1S/C16H13BrO4S/c17-10-5-7-11(8-6-10)22(18,19)21-15-9-14-12-3-1-2-4-13(12)16(15)20-14/h1-8,14-16H,9H2/t14-,15+,16-/m1/s1. The number of ether oxygens (including phenoxy) is 1. The van der Waals surface area contributed by atoms with Crippen LogP contribution in [0.2, 0.25) is 0 Å². The first kappa shape index (κ1) is 14.4. The molecule has 0 radical (unpaired) electrons. The van der Waals surface area contributed by atoms with Crippen LogP contribution in [0.5, 0.6) is 0 Å². The summed E-state index contributed by atoms with van der Waals surface area (Å²) < 4.78 is 36.9. The highest BCUT2D eigenvalue weighted by Crippen LogP contribution is 2.52. The van der Waals surface area contributed by atoms with Crippen LogP contribution in [-0.4, -0.2) is 14.5 Å². The second-order valence-electron chi connectivity index (χ2n) is 5.45. The predicted molar refractivity (Wildman–Crippen MR) is 83.8 cm³/mol. The molecule has 2 aromatic rings. The Hall–Kier alpha value is -1.21. The van der Waals surface area contributed by atoms with Gasteiger partial charge in [-0.15, -0.1) is 0 Å². The highest BCUT2D eigenvalue weighted by atomic mass is 79.9. The molecule has 1 saturated heterocycles. The molecule has 2 aromatic carbocycles. The molecule has 4 nitrogen and oxygen atoms in total. The molecule has 0 N–H and O–H groups in total. The fraction of sp³-hybridized carbons (Fsp3) is 0.250. The van der Waals surface area contributed by atoms with Crippen molar-refractivity contribution in [2.45, 2.75) is 29.6 Å². The SMILES string of the molecule is O=S(=O)(O[C@H]1C[C@H]2O[C@@H]1c1ccccc12)c1ccc(Br)cc1. The van der Waals surface area contributed by atoms with Crippen molar-refractivity contribution in [2.24, 2.45) is 0 Å². The molecule has 4 rings (SSSR count). The molecule has 2 heterocycles. The van der Waals surface area contributed by atoms with E-state index >= 15 is 0 Å². The third kappa shape index (κ3) is 2.31. The Balaban J connectivity index is 1.60. The van der Waals surface area contributed by atoms with Crippen molar-refractivity contribution in [1.29, 1.82) is 0 Å². The van der Waals surface area contributed by atoms with Gasteiger partial charge in [-0.05, 0) is 35.4 Å². The molecule has 0 aliphatic carbocycles. The van der Waals surface area contributed by atoms with E-state index in [-0.39, 0.29) is 17.1 Å². The van der Waals surface area contributed by atoms with Gasteiger partial charge in [0.05, 0.1) is 11.0 Å². The summed E-state index contributed by atoms with van der Waals surface area (Å²) in [5.41, 5.74) is 2.18. The lowest BCUT2D eigenvalue weighted by atomic mass is 9.90. The van der Waals surface area contributed by atoms with Gasteiger partial charge in [0, 0.05) is 10.9 Å². The van der Waals surface area contributed by atoms with Crippen molar-refractivity contribution in [3.05, 3.63) is 64.1 Å². The molecule has 0 amide bonds. The maximum Gasteiger partial charge on any atom is 0.297 e. The van der Waals surface area contributed by atoms with Gasteiger partial charge in [0.15, 0.2) is 0 Å². The highest BCUT2D eigenvalue weighted by molar-refractivity contribution is 9.10. The van der Waals surface area contributed by atoms with E-state index in [0.717, 1.165) is 15.6 Å². The minimum atomic E-state index is -3.79. The topological polar surface area (TPSA) is 52.6 Å². The normalized spacial score (nSPS) is 26.1. The van der Waals surface area contributed by atoms with Crippen molar-refractivity contribution >= 4 is 26.0 Å². The van der Waals surface area contributed by atoms with Gasteiger partial charge in [0.25, 0.3) is 10.1 Å². The smallest absolute Gasteiger partial charge is 0.297 e. The Bertz CT molecular complexity index is 816. The van der Waals surface area contributed by atoms with Crippen LogP contribution in [0.15, 0.2) is 57.9 Å². The Morgan fingerprint density at radius 3 is 2.45 bits per heavy atom. The second-order valence-corrected chi connectivity index (χ2v) is 7.94. The lowest BCUT2D eigenvalue weighted by Gasteiger charge is -2.21. The number of fused-ring (bicyclic) bond motifs is 5. The van der Waals surface area contributed by atoms with E-state index in [1.54, 1.807) is 12.1 Å². The van der Waals surface area contributed by atoms with E-state index in [4.69, 9.17) is 8.92 Å². The number of hydrogen-bond donors (Lipinski definition) is 0. The van der Waals surface area contributed by atoms with Crippen LogP contribution in [0.1, 0.15) is 29.8 Å². The zero-order valence-electron chi connectivity index (χ0n) is 11.5. The Labute approximate surface area is 137 Å². The second kappa shape index (κ2) is 5.16. The van der Waals surface area contributed by atoms with Gasteiger partial charge in [0.1, 0.15) is 12.2 Å². The summed E-state index contributed by atoms with van der Waals surface area (Å²) in [5.74, 6) is 0. The number of rotatable bonds is 3. The number of hydrogen-bond acceptors (Lipinski definition) is 4. The molecule has 1 fully saturated rings. The summed E-state index contributed by atoms with van der Waals surface area (Å²) in [6.45, 7) is 0. The Morgan fingerprint density at radius 1 is 1.05 bits per heavy atom. The summed E-state index contributed by atoms with van der Waals surface area (Å²) in [5, 5.41) is 0. The van der Waals surface area contributed by atoms with Crippen LogP contribution in [0.4, 0.5) is 0 Å². The molecule has 0 aromatic heterocycles. The molecule has 2 bridgehead atoms. The quantitative estimate of drug-likeness (QED) is 0.761. The van der Waals surface area contributed by atoms with Crippen molar-refractivity contribution in [3.63, 3.8) is 0 Å². The molecule has 0 spiro atoms. The van der Waals surface area contributed by atoms with E-state index in [1.807, 2.05) is 24.3 Å². The summed E-state index contributed by atoms with van der Waals surface area (Å²) in [6, 6.07) is 14.3. The van der Waals surface area contributed by atoms with Crippen molar-refractivity contribution in [3.8, 4) is 0 Å². The first-order valence-electron chi connectivity index (χ1n) is 6.98. The van der Waals surface area contributed by atoms with Crippen LogP contribution < -0.4 is 0 Å². The van der Waals surface area contributed by atoms with Crippen molar-refractivity contribution in [2.75, 3.05) is 0 Å². The fourth-order valence-corrected chi connectivity index (χ4v) is 4.45. The summed E-state index contributed by atoms with van der Waals surface area (Å²) >= 11 is 3.29. The summed E-state index contributed by atoms with van der Waals surface area (Å²) in [7, 11) is -3.79. The van der Waals surface area contributed by atoms with Gasteiger partial charge in [-0.1, -0.05) is 40.2 Å². The predicted octanol–water partition coefficient (Wildman–Crippen LogP) is 3.74. The molecule has 0 saturated carbocycles. The van der Waals surface area contributed by atoms with Crippen molar-refractivity contribution in [1.82, 2.24) is 0 Å². The largest absolute Gasteiger partial charge is 0.363 e. The minimum absolute atomic E-state index is 0.0636. The average molecular weight is 381 g/mol. The number of halogens is 1. The van der Waals surface area contributed by atoms with Gasteiger partial charge >= 0.3 is 0 Å². The average Bonchev–Trinajstić information content (AvgIpc) is 3.06. The lowest BCUT2D eigenvalue weighted by Crippen LogP contribution is -2.23. The van der Waals surface area contributed by atoms with Gasteiger partial charge in [-0.25, -0.2) is 0 Å². The fourth-order valence-electron chi connectivity index (χ4n) is 3.10. The Kier molecular flexibility index (Phi) is 3.38. The monoisotopic (exact) mass is 380 g/mol. The molecule has 2 aliphatic heterocycles. The highest BCUT2D eigenvalue weighted by Gasteiger charge is 2.47. The molecule has 3 atom stereocenters. The molecular formula is C16H13BrO4S. The minimum Gasteiger partial charge on any atom is -0.363 e. The third-order valence-electron chi connectivity index (χ3n) is 4.10. The Morgan fingerprint density at radius 2 is 1.73 bits per heavy atom. The van der Waals surface area contributed by atoms with Crippen molar-refractivity contribution < 1.29 is 17.3 Å².